The normalized spacial score (nSPS) is 16.0. The second-order valence-electron chi connectivity index (χ2n) is 6.88. The second-order valence-corrected chi connectivity index (χ2v) is 6.88. The van der Waals surface area contributed by atoms with E-state index in [1.54, 1.807) is 7.11 Å². The molecular weight excluding hydrogens is 298 g/mol. The van der Waals surface area contributed by atoms with Crippen LogP contribution in [0.4, 0.5) is 0 Å². The molecule has 0 fully saturated rings. The first-order valence-electron chi connectivity index (χ1n) is 8.61. The van der Waals surface area contributed by atoms with Gasteiger partial charge in [0.2, 0.25) is 0 Å². The average Bonchev–Trinajstić information content (AvgIpc) is 2.74. The molecule has 0 N–H and O–H groups in total. The second kappa shape index (κ2) is 7.65. The van der Waals surface area contributed by atoms with Crippen LogP contribution in [0, 0.1) is 11.8 Å². The van der Waals surface area contributed by atoms with Crippen molar-refractivity contribution in [1.82, 2.24) is 4.57 Å². The van der Waals surface area contributed by atoms with Crippen molar-refractivity contribution in [2.75, 3.05) is 7.11 Å². The molecule has 4 nitrogen and oxygen atoms in total. The van der Waals surface area contributed by atoms with Crippen LogP contribution in [0.25, 0.3) is 0 Å². The number of hydrogen-bond acceptors (Lipinski definition) is 2. The molecule has 0 aromatic carbocycles. The molecule has 1 aromatic heterocycles. The van der Waals surface area contributed by atoms with Gasteiger partial charge in [-0.05, 0) is 29.4 Å². The highest BCUT2D eigenvalue weighted by Gasteiger charge is 2.24. The van der Waals surface area contributed by atoms with E-state index in [9.17, 15) is 0 Å². The smallest absolute Gasteiger partial charge is 0.344 e. The molecule has 0 aliphatic heterocycles. The SMILES string of the molecule is CO/C(=N\C1=C(C(C)C)C=CCC=C1C(C)C)c1n(C)cc[n+]1C. The lowest BCUT2D eigenvalue weighted by molar-refractivity contribution is -0.672. The van der Waals surface area contributed by atoms with Gasteiger partial charge in [-0.15, -0.1) is 0 Å². The monoisotopic (exact) mass is 328 g/mol. The topological polar surface area (TPSA) is 30.4 Å². The van der Waals surface area contributed by atoms with Crippen molar-refractivity contribution < 1.29 is 9.30 Å². The Kier molecular flexibility index (Phi) is 5.81. The molecule has 1 aliphatic rings. The Morgan fingerprint density at radius 2 is 1.96 bits per heavy atom. The van der Waals surface area contributed by atoms with E-state index in [0.717, 1.165) is 17.9 Å². The lowest BCUT2D eigenvalue weighted by Gasteiger charge is -2.17. The third-order valence-electron chi connectivity index (χ3n) is 4.34. The fraction of sp³-hybridized carbons (Fsp3) is 0.500. The third kappa shape index (κ3) is 3.69. The first-order chi connectivity index (χ1) is 11.4. The van der Waals surface area contributed by atoms with Gasteiger partial charge in [-0.2, -0.15) is 0 Å². The highest BCUT2D eigenvalue weighted by Crippen LogP contribution is 2.31. The van der Waals surface area contributed by atoms with E-state index in [-0.39, 0.29) is 0 Å². The number of methoxy groups -OCH3 is 1. The maximum absolute atomic E-state index is 5.68. The lowest BCUT2D eigenvalue weighted by atomic mass is 9.92. The summed E-state index contributed by atoms with van der Waals surface area (Å²) in [5.41, 5.74) is 3.60. The number of rotatable bonds is 4. The Labute approximate surface area is 145 Å². The first kappa shape index (κ1) is 18.2. The van der Waals surface area contributed by atoms with Crippen molar-refractivity contribution in [3.63, 3.8) is 0 Å². The van der Waals surface area contributed by atoms with Gasteiger partial charge in [-0.3, -0.25) is 0 Å². The molecule has 0 amide bonds. The molecule has 0 saturated carbocycles. The summed E-state index contributed by atoms with van der Waals surface area (Å²) >= 11 is 0. The van der Waals surface area contributed by atoms with Gasteiger partial charge in [0, 0.05) is 0 Å². The van der Waals surface area contributed by atoms with Crippen molar-refractivity contribution in [3.8, 4) is 0 Å². The largest absolute Gasteiger partial charge is 0.475 e. The zero-order valence-electron chi connectivity index (χ0n) is 16.0. The molecule has 0 unspecified atom stereocenters. The van der Waals surface area contributed by atoms with Crippen LogP contribution in [-0.2, 0) is 18.8 Å². The minimum absolute atomic E-state index is 0.403. The van der Waals surface area contributed by atoms with Crippen LogP contribution in [0.3, 0.4) is 0 Å². The van der Waals surface area contributed by atoms with Crippen LogP contribution >= 0.6 is 0 Å². The third-order valence-corrected chi connectivity index (χ3v) is 4.34. The highest BCUT2D eigenvalue weighted by atomic mass is 16.5. The van der Waals surface area contributed by atoms with Gasteiger partial charge in [0.1, 0.15) is 12.4 Å². The van der Waals surface area contributed by atoms with E-state index < -0.39 is 0 Å². The fourth-order valence-electron chi connectivity index (χ4n) is 3.02. The van der Waals surface area contributed by atoms with Gasteiger partial charge in [-0.1, -0.05) is 45.9 Å². The standard InChI is InChI=1S/C20H30N3O/c1-14(2)16-10-8-9-11-17(15(3)4)18(16)21-19(24-7)20-22(5)12-13-23(20)6/h8,10-15H,9H2,1-7H3/q+1/b21-19-. The number of nitrogens with zero attached hydrogens (tertiary/aromatic N) is 3. The molecule has 0 bridgehead atoms. The van der Waals surface area contributed by atoms with Crippen LogP contribution in [0.1, 0.15) is 39.9 Å². The number of imidazole rings is 1. The van der Waals surface area contributed by atoms with Crippen LogP contribution in [0.2, 0.25) is 0 Å². The maximum atomic E-state index is 5.68. The Morgan fingerprint density at radius 3 is 2.46 bits per heavy atom. The van der Waals surface area contributed by atoms with E-state index in [0.29, 0.717) is 17.7 Å². The van der Waals surface area contributed by atoms with Gasteiger partial charge >= 0.3 is 11.7 Å². The Balaban J connectivity index is 2.68. The minimum Gasteiger partial charge on any atom is -0.475 e. The molecule has 1 heterocycles. The van der Waals surface area contributed by atoms with Gasteiger partial charge in [0.25, 0.3) is 0 Å². The molecule has 0 saturated heterocycles. The molecule has 2 rings (SSSR count). The Morgan fingerprint density at radius 1 is 1.25 bits per heavy atom. The van der Waals surface area contributed by atoms with Crippen LogP contribution in [0.15, 0.2) is 52.5 Å². The number of aliphatic imine (C=N–C) groups is 1. The van der Waals surface area contributed by atoms with E-state index in [1.807, 2.05) is 35.6 Å². The zero-order chi connectivity index (χ0) is 17.9. The van der Waals surface area contributed by atoms with Crippen LogP contribution in [0.5, 0.6) is 0 Å². The molecule has 24 heavy (non-hydrogen) atoms. The zero-order valence-corrected chi connectivity index (χ0v) is 16.0. The van der Waals surface area contributed by atoms with Gasteiger partial charge in [-0.25, -0.2) is 14.1 Å². The fourth-order valence-corrected chi connectivity index (χ4v) is 3.02. The van der Waals surface area contributed by atoms with Crippen LogP contribution < -0.4 is 4.57 Å². The van der Waals surface area contributed by atoms with Crippen molar-refractivity contribution in [2.45, 2.75) is 34.1 Å². The summed E-state index contributed by atoms with van der Waals surface area (Å²) in [6.07, 6.45) is 11.7. The predicted octanol–water partition coefficient (Wildman–Crippen LogP) is 3.70. The molecule has 1 aliphatic carbocycles. The number of ether oxygens (including phenoxy) is 1. The van der Waals surface area contributed by atoms with Gasteiger partial charge in [0.15, 0.2) is 0 Å². The van der Waals surface area contributed by atoms with E-state index in [1.165, 1.54) is 11.1 Å². The maximum Gasteiger partial charge on any atom is 0.344 e. The Hall–Kier alpha value is -2.10. The summed E-state index contributed by atoms with van der Waals surface area (Å²) in [6, 6.07) is 0. The van der Waals surface area contributed by atoms with E-state index >= 15 is 0 Å². The minimum atomic E-state index is 0.403. The Bertz CT molecular complexity index is 696. The number of hydrogen-bond donors (Lipinski definition) is 0. The molecule has 4 heteroatoms. The average molecular weight is 328 g/mol. The predicted molar refractivity (Wildman–Crippen MR) is 98.7 cm³/mol. The first-order valence-corrected chi connectivity index (χ1v) is 8.61. The summed E-state index contributed by atoms with van der Waals surface area (Å²) in [4.78, 5) is 5.00. The van der Waals surface area contributed by atoms with Crippen molar-refractivity contribution in [1.29, 1.82) is 0 Å². The van der Waals surface area contributed by atoms with Gasteiger partial charge < -0.3 is 4.74 Å². The molecular formula is C20H30N3O+. The van der Waals surface area contributed by atoms with Crippen molar-refractivity contribution >= 4 is 5.90 Å². The summed E-state index contributed by atoms with van der Waals surface area (Å²) in [5, 5.41) is 0. The van der Waals surface area contributed by atoms with Crippen LogP contribution in [-0.4, -0.2) is 17.6 Å². The van der Waals surface area contributed by atoms with Gasteiger partial charge in [0.05, 0.1) is 26.9 Å². The van der Waals surface area contributed by atoms with Crippen molar-refractivity contribution in [3.05, 3.63) is 53.3 Å². The molecule has 1 aromatic rings. The van der Waals surface area contributed by atoms with E-state index in [2.05, 4.69) is 45.9 Å². The number of aryl methyl sites for hydroxylation is 2. The number of aromatic nitrogens is 2. The van der Waals surface area contributed by atoms with E-state index in [4.69, 9.17) is 9.73 Å². The lowest BCUT2D eigenvalue weighted by Crippen LogP contribution is -2.36. The summed E-state index contributed by atoms with van der Waals surface area (Å²) in [6.45, 7) is 8.88. The van der Waals surface area contributed by atoms with Crippen molar-refractivity contribution in [2.24, 2.45) is 30.9 Å². The molecule has 0 atom stereocenters. The molecule has 0 radical (unpaired) electrons. The number of allylic oxidation sites excluding steroid dienone is 5. The quantitative estimate of drug-likeness (QED) is 0.471. The summed E-state index contributed by atoms with van der Waals surface area (Å²) < 4.78 is 9.74. The summed E-state index contributed by atoms with van der Waals surface area (Å²) in [5.74, 6) is 2.41. The molecule has 130 valence electrons. The molecule has 0 spiro atoms. The highest BCUT2D eigenvalue weighted by molar-refractivity contribution is 5.90. The summed E-state index contributed by atoms with van der Waals surface area (Å²) in [7, 11) is 5.70.